The molecule has 5 nitrogen and oxygen atoms in total. The van der Waals surface area contributed by atoms with Gasteiger partial charge in [-0.25, -0.2) is 0 Å². The Morgan fingerprint density at radius 1 is 1.24 bits per heavy atom. The average Bonchev–Trinajstić information content (AvgIpc) is 2.74. The van der Waals surface area contributed by atoms with Gasteiger partial charge in [-0.1, -0.05) is 30.3 Å². The van der Waals surface area contributed by atoms with Crippen molar-refractivity contribution in [1.82, 2.24) is 0 Å². The highest BCUT2D eigenvalue weighted by atomic mass is 16.6. The number of carbonyl (C=O) groups excluding carboxylic acids is 3. The molecule has 1 fully saturated rings. The summed E-state index contributed by atoms with van der Waals surface area (Å²) in [5.41, 5.74) is 0.562. The molecule has 0 aliphatic carbocycles. The van der Waals surface area contributed by atoms with Crippen LogP contribution in [0.15, 0.2) is 30.3 Å². The fourth-order valence-corrected chi connectivity index (χ4v) is 2.53. The fraction of sp³-hybridized carbons (Fsp3) is 0.438. The molecule has 0 N–H and O–H groups in total. The van der Waals surface area contributed by atoms with Crippen LogP contribution >= 0.6 is 0 Å². The Hall–Kier alpha value is -2.17. The number of hydrogen-bond donors (Lipinski definition) is 0. The molecule has 0 aromatic heterocycles. The standard InChI is InChI=1S/C16H18O5/c1-3-20-15(18)14-12(10(2)21-16(14)19)9-13(17)11-7-5-4-6-8-11/h4-8,10,12,14H,3,9H2,1-2H3/t10-,12+,14+/m0/s1. The van der Waals surface area contributed by atoms with Crippen molar-refractivity contribution >= 4 is 17.7 Å². The van der Waals surface area contributed by atoms with E-state index in [-0.39, 0.29) is 18.8 Å². The third kappa shape index (κ3) is 3.29. The van der Waals surface area contributed by atoms with Crippen LogP contribution in [0.2, 0.25) is 0 Å². The second-order valence-electron chi connectivity index (χ2n) is 5.03. The lowest BCUT2D eigenvalue weighted by molar-refractivity contribution is -0.156. The first-order chi connectivity index (χ1) is 10.0. The zero-order valence-electron chi connectivity index (χ0n) is 12.1. The van der Waals surface area contributed by atoms with E-state index < -0.39 is 29.9 Å². The molecule has 1 saturated heterocycles. The van der Waals surface area contributed by atoms with Crippen LogP contribution in [0.1, 0.15) is 30.6 Å². The number of Topliss-reactive ketones (excluding diaryl/α,β-unsaturated/α-hetero) is 1. The summed E-state index contributed by atoms with van der Waals surface area (Å²) in [6.45, 7) is 3.56. The Morgan fingerprint density at radius 2 is 1.90 bits per heavy atom. The van der Waals surface area contributed by atoms with Crippen LogP contribution in [-0.4, -0.2) is 30.4 Å². The number of carbonyl (C=O) groups is 3. The summed E-state index contributed by atoms with van der Waals surface area (Å²) in [6.07, 6.45) is -0.389. The van der Waals surface area contributed by atoms with Crippen LogP contribution in [0.25, 0.3) is 0 Å². The Morgan fingerprint density at radius 3 is 2.52 bits per heavy atom. The molecular formula is C16H18O5. The van der Waals surface area contributed by atoms with Gasteiger partial charge >= 0.3 is 11.9 Å². The minimum Gasteiger partial charge on any atom is -0.465 e. The van der Waals surface area contributed by atoms with Gasteiger partial charge in [0.25, 0.3) is 0 Å². The predicted octanol–water partition coefficient (Wildman–Crippen LogP) is 2.00. The van der Waals surface area contributed by atoms with E-state index in [0.29, 0.717) is 5.56 Å². The Balaban J connectivity index is 2.14. The molecule has 0 bridgehead atoms. The lowest BCUT2D eigenvalue weighted by Crippen LogP contribution is -2.30. The van der Waals surface area contributed by atoms with E-state index in [0.717, 1.165) is 0 Å². The van der Waals surface area contributed by atoms with Gasteiger partial charge in [-0.2, -0.15) is 0 Å². The maximum atomic E-state index is 12.3. The molecule has 3 atom stereocenters. The van der Waals surface area contributed by atoms with E-state index in [9.17, 15) is 14.4 Å². The van der Waals surface area contributed by atoms with Gasteiger partial charge in [0.2, 0.25) is 0 Å². The molecule has 0 spiro atoms. The molecule has 1 heterocycles. The number of hydrogen-bond acceptors (Lipinski definition) is 5. The van der Waals surface area contributed by atoms with Crippen molar-refractivity contribution in [3.8, 4) is 0 Å². The van der Waals surface area contributed by atoms with Crippen molar-refractivity contribution in [2.24, 2.45) is 11.8 Å². The molecule has 0 saturated carbocycles. The van der Waals surface area contributed by atoms with E-state index in [2.05, 4.69) is 0 Å². The third-order valence-electron chi connectivity index (χ3n) is 3.64. The van der Waals surface area contributed by atoms with Gasteiger partial charge in [-0.05, 0) is 13.8 Å². The van der Waals surface area contributed by atoms with Crippen LogP contribution in [0.3, 0.4) is 0 Å². The van der Waals surface area contributed by atoms with Crippen molar-refractivity contribution in [3.05, 3.63) is 35.9 Å². The van der Waals surface area contributed by atoms with E-state index in [1.54, 1.807) is 38.1 Å². The number of benzene rings is 1. The maximum absolute atomic E-state index is 12.3. The summed E-state index contributed by atoms with van der Waals surface area (Å²) in [6, 6.07) is 8.79. The molecule has 112 valence electrons. The van der Waals surface area contributed by atoms with Gasteiger partial charge < -0.3 is 9.47 Å². The summed E-state index contributed by atoms with van der Waals surface area (Å²) in [5.74, 6) is -2.82. The Bertz CT molecular complexity index is 537. The molecule has 2 rings (SSSR count). The molecule has 0 unspecified atom stereocenters. The van der Waals surface area contributed by atoms with Crippen molar-refractivity contribution in [2.45, 2.75) is 26.4 Å². The number of ketones is 1. The molecule has 1 aromatic rings. The van der Waals surface area contributed by atoms with E-state index in [1.165, 1.54) is 0 Å². The van der Waals surface area contributed by atoms with Gasteiger partial charge in [0, 0.05) is 17.9 Å². The molecule has 0 radical (unpaired) electrons. The lowest BCUT2D eigenvalue weighted by atomic mass is 9.85. The highest BCUT2D eigenvalue weighted by Crippen LogP contribution is 2.33. The number of esters is 2. The molecule has 1 aliphatic rings. The first kappa shape index (κ1) is 15.2. The highest BCUT2D eigenvalue weighted by molar-refractivity contribution is 6.00. The van der Waals surface area contributed by atoms with Crippen molar-refractivity contribution < 1.29 is 23.9 Å². The summed E-state index contributed by atoms with van der Waals surface area (Å²) in [5, 5.41) is 0. The summed E-state index contributed by atoms with van der Waals surface area (Å²) < 4.78 is 10.0. The topological polar surface area (TPSA) is 69.7 Å². The van der Waals surface area contributed by atoms with Gasteiger partial charge in [0.1, 0.15) is 6.10 Å². The van der Waals surface area contributed by atoms with Crippen molar-refractivity contribution in [3.63, 3.8) is 0 Å². The van der Waals surface area contributed by atoms with Crippen LogP contribution in [0.4, 0.5) is 0 Å². The SMILES string of the molecule is CCOC(=O)[C@@H]1C(=O)O[C@@H](C)[C@H]1CC(=O)c1ccccc1. The first-order valence-electron chi connectivity index (χ1n) is 7.00. The van der Waals surface area contributed by atoms with Gasteiger partial charge in [0.15, 0.2) is 11.7 Å². The van der Waals surface area contributed by atoms with E-state index in [4.69, 9.17) is 9.47 Å². The monoisotopic (exact) mass is 290 g/mol. The van der Waals surface area contributed by atoms with Gasteiger partial charge in [-0.3, -0.25) is 14.4 Å². The predicted molar refractivity (Wildman–Crippen MR) is 74.6 cm³/mol. The number of cyclic esters (lactones) is 1. The van der Waals surface area contributed by atoms with Crippen LogP contribution in [-0.2, 0) is 19.1 Å². The number of rotatable bonds is 5. The molecule has 21 heavy (non-hydrogen) atoms. The zero-order valence-corrected chi connectivity index (χ0v) is 12.1. The van der Waals surface area contributed by atoms with Gasteiger partial charge in [-0.15, -0.1) is 0 Å². The Kier molecular flexibility index (Phi) is 4.73. The van der Waals surface area contributed by atoms with Gasteiger partial charge in [0.05, 0.1) is 6.61 Å². The van der Waals surface area contributed by atoms with E-state index in [1.807, 2.05) is 6.07 Å². The second-order valence-corrected chi connectivity index (χ2v) is 5.03. The van der Waals surface area contributed by atoms with Crippen molar-refractivity contribution in [1.29, 1.82) is 0 Å². The lowest BCUT2D eigenvalue weighted by Gasteiger charge is -2.16. The van der Waals surface area contributed by atoms with Crippen LogP contribution in [0, 0.1) is 11.8 Å². The molecular weight excluding hydrogens is 272 g/mol. The quantitative estimate of drug-likeness (QED) is 0.471. The second kappa shape index (κ2) is 6.52. The third-order valence-corrected chi connectivity index (χ3v) is 3.64. The fourth-order valence-electron chi connectivity index (χ4n) is 2.53. The molecule has 1 aliphatic heterocycles. The summed E-state index contributed by atoms with van der Waals surface area (Å²) >= 11 is 0. The zero-order chi connectivity index (χ0) is 15.4. The smallest absolute Gasteiger partial charge is 0.321 e. The molecule has 1 aromatic carbocycles. The first-order valence-corrected chi connectivity index (χ1v) is 7.00. The normalized spacial score (nSPS) is 24.5. The summed E-state index contributed by atoms with van der Waals surface area (Å²) in [7, 11) is 0. The Labute approximate surface area is 123 Å². The highest BCUT2D eigenvalue weighted by Gasteiger charge is 2.48. The van der Waals surface area contributed by atoms with Crippen LogP contribution < -0.4 is 0 Å². The molecule has 0 amide bonds. The minimum absolute atomic E-state index is 0.0837. The maximum Gasteiger partial charge on any atom is 0.321 e. The average molecular weight is 290 g/mol. The van der Waals surface area contributed by atoms with E-state index >= 15 is 0 Å². The molecule has 5 heteroatoms. The number of ether oxygens (including phenoxy) is 2. The minimum atomic E-state index is -1.01. The van der Waals surface area contributed by atoms with Crippen molar-refractivity contribution in [2.75, 3.05) is 6.61 Å². The largest absolute Gasteiger partial charge is 0.465 e. The summed E-state index contributed by atoms with van der Waals surface area (Å²) in [4.78, 5) is 36.0. The van der Waals surface area contributed by atoms with Crippen LogP contribution in [0.5, 0.6) is 0 Å².